The summed E-state index contributed by atoms with van der Waals surface area (Å²) in [5.41, 5.74) is 3.20. The molecule has 2 N–H and O–H groups in total. The Kier molecular flexibility index (Phi) is 7.27. The van der Waals surface area contributed by atoms with Crippen molar-refractivity contribution >= 4 is 33.3 Å². The largest absolute Gasteiger partial charge is 0.484 e. The molecule has 7 heteroatoms. The molecule has 0 aliphatic carbocycles. The highest BCUT2D eigenvalue weighted by atomic mass is 32.1. The average Bonchev–Trinajstić information content (AvgIpc) is 3.25. The number of aromatic nitrogens is 1. The highest BCUT2D eigenvalue weighted by Gasteiger charge is 2.18. The number of benzene rings is 3. The van der Waals surface area contributed by atoms with E-state index in [0.29, 0.717) is 27.1 Å². The number of nitrogens with one attached hydrogen (secondary N) is 2. The van der Waals surface area contributed by atoms with E-state index in [1.807, 2.05) is 72.8 Å². The molecule has 4 aromatic rings. The van der Waals surface area contributed by atoms with Gasteiger partial charge < -0.3 is 10.1 Å². The molecular weight excluding hydrogens is 458 g/mol. The minimum Gasteiger partial charge on any atom is -0.484 e. The van der Waals surface area contributed by atoms with Crippen molar-refractivity contribution in [3.63, 3.8) is 0 Å². The Morgan fingerprint density at radius 3 is 2.11 bits per heavy atom. The second-order valence-corrected chi connectivity index (χ2v) is 9.99. The number of hydrogen-bond acceptors (Lipinski definition) is 5. The third kappa shape index (κ3) is 6.33. The van der Waals surface area contributed by atoms with E-state index in [4.69, 9.17) is 4.74 Å². The van der Waals surface area contributed by atoms with Crippen molar-refractivity contribution in [2.45, 2.75) is 26.2 Å². The zero-order valence-electron chi connectivity index (χ0n) is 19.9. The first-order valence-corrected chi connectivity index (χ1v) is 12.1. The highest BCUT2D eigenvalue weighted by molar-refractivity contribution is 7.20. The Balaban J connectivity index is 1.46. The molecule has 178 valence electrons. The molecule has 0 saturated heterocycles. The average molecular weight is 486 g/mol. The van der Waals surface area contributed by atoms with Crippen LogP contribution in [0.25, 0.3) is 11.3 Å². The van der Waals surface area contributed by atoms with Crippen LogP contribution in [0.4, 0.5) is 10.1 Å². The van der Waals surface area contributed by atoms with Crippen LogP contribution in [0.15, 0.2) is 84.9 Å². The van der Waals surface area contributed by atoms with Gasteiger partial charge in [0, 0.05) is 11.1 Å². The zero-order chi connectivity index (χ0) is 24.8. The Labute approximate surface area is 209 Å². The monoisotopic (exact) mass is 485 g/mol. The standard InChI is InChI=1S/C28H27N3O3S/c1-28(2,3)21-14-16-22(17-15-21)34-18-23(32)29-27-30-24(19-10-6-4-7-11-19)26(35-27)31-25(33)20-12-8-5-9-13-20/h4-17H,18H2,1-3H3,(H,31,33)(H,29,30,32). The van der Waals surface area contributed by atoms with Gasteiger partial charge in [-0.1, -0.05) is 92.8 Å². The summed E-state index contributed by atoms with van der Waals surface area (Å²) in [6.07, 6.45) is 0. The number of hydrogen-bond donors (Lipinski definition) is 2. The second-order valence-electron chi connectivity index (χ2n) is 8.99. The summed E-state index contributed by atoms with van der Waals surface area (Å²) in [7, 11) is 0. The van der Waals surface area contributed by atoms with Crippen molar-refractivity contribution in [3.05, 3.63) is 96.1 Å². The molecule has 0 atom stereocenters. The van der Waals surface area contributed by atoms with Gasteiger partial charge in [-0.15, -0.1) is 0 Å². The molecular formula is C28H27N3O3S. The molecule has 6 nitrogen and oxygen atoms in total. The summed E-state index contributed by atoms with van der Waals surface area (Å²) in [5.74, 6) is 0.0404. The fourth-order valence-electron chi connectivity index (χ4n) is 3.37. The van der Waals surface area contributed by atoms with Crippen LogP contribution in [0.5, 0.6) is 5.75 Å². The second kappa shape index (κ2) is 10.5. The van der Waals surface area contributed by atoms with Crippen LogP contribution in [0.1, 0.15) is 36.7 Å². The molecule has 0 aliphatic heterocycles. The lowest BCUT2D eigenvalue weighted by Crippen LogP contribution is -2.20. The number of ether oxygens (including phenoxy) is 1. The molecule has 0 bridgehead atoms. The quantitative estimate of drug-likeness (QED) is 0.318. The summed E-state index contributed by atoms with van der Waals surface area (Å²) >= 11 is 1.20. The van der Waals surface area contributed by atoms with Gasteiger partial charge in [-0.25, -0.2) is 4.98 Å². The van der Waals surface area contributed by atoms with Gasteiger partial charge in [0.1, 0.15) is 16.4 Å². The maximum absolute atomic E-state index is 12.7. The van der Waals surface area contributed by atoms with E-state index >= 15 is 0 Å². The number of carbonyl (C=O) groups is 2. The molecule has 0 saturated carbocycles. The van der Waals surface area contributed by atoms with E-state index in [1.165, 1.54) is 16.9 Å². The van der Waals surface area contributed by atoms with Crippen LogP contribution in [0.2, 0.25) is 0 Å². The van der Waals surface area contributed by atoms with Crippen molar-refractivity contribution < 1.29 is 14.3 Å². The lowest BCUT2D eigenvalue weighted by molar-refractivity contribution is -0.118. The smallest absolute Gasteiger partial charge is 0.264 e. The zero-order valence-corrected chi connectivity index (χ0v) is 20.7. The van der Waals surface area contributed by atoms with Gasteiger partial charge in [-0.3, -0.25) is 14.9 Å². The predicted molar refractivity (Wildman–Crippen MR) is 141 cm³/mol. The number of rotatable bonds is 7. The van der Waals surface area contributed by atoms with E-state index < -0.39 is 0 Å². The third-order valence-electron chi connectivity index (χ3n) is 5.27. The van der Waals surface area contributed by atoms with Crippen LogP contribution in [-0.4, -0.2) is 23.4 Å². The summed E-state index contributed by atoms with van der Waals surface area (Å²) in [6.45, 7) is 6.28. The topological polar surface area (TPSA) is 80.3 Å². The molecule has 4 rings (SSSR count). The predicted octanol–water partition coefficient (Wildman–Crippen LogP) is 6.38. The van der Waals surface area contributed by atoms with Crippen LogP contribution >= 0.6 is 11.3 Å². The van der Waals surface area contributed by atoms with E-state index in [9.17, 15) is 9.59 Å². The molecule has 0 spiro atoms. The fraction of sp³-hybridized carbons (Fsp3) is 0.179. The Hall–Kier alpha value is -3.97. The highest BCUT2D eigenvalue weighted by Crippen LogP contribution is 2.36. The molecule has 0 unspecified atom stereocenters. The molecule has 1 aromatic heterocycles. The number of amides is 2. The van der Waals surface area contributed by atoms with Crippen LogP contribution in [0, 0.1) is 0 Å². The first kappa shape index (κ1) is 24.2. The molecule has 35 heavy (non-hydrogen) atoms. The first-order chi connectivity index (χ1) is 16.8. The fourth-order valence-corrected chi connectivity index (χ4v) is 4.27. The number of carbonyl (C=O) groups excluding carboxylic acids is 2. The van der Waals surface area contributed by atoms with Gasteiger partial charge in [0.15, 0.2) is 11.7 Å². The van der Waals surface area contributed by atoms with Crippen LogP contribution in [-0.2, 0) is 10.2 Å². The summed E-state index contributed by atoms with van der Waals surface area (Å²) < 4.78 is 5.65. The SMILES string of the molecule is CC(C)(C)c1ccc(OCC(=O)Nc2nc(-c3ccccc3)c(NC(=O)c3ccccc3)s2)cc1. The molecule has 0 aliphatic rings. The van der Waals surface area contributed by atoms with Crippen LogP contribution in [0.3, 0.4) is 0 Å². The minimum atomic E-state index is -0.334. The van der Waals surface area contributed by atoms with E-state index in [-0.39, 0.29) is 23.8 Å². The summed E-state index contributed by atoms with van der Waals surface area (Å²) in [4.78, 5) is 29.9. The van der Waals surface area contributed by atoms with Gasteiger partial charge in [0.25, 0.3) is 11.8 Å². The van der Waals surface area contributed by atoms with Crippen molar-refractivity contribution in [2.75, 3.05) is 17.2 Å². The van der Waals surface area contributed by atoms with Crippen molar-refractivity contribution in [3.8, 4) is 17.0 Å². The maximum atomic E-state index is 12.7. The lowest BCUT2D eigenvalue weighted by atomic mass is 9.87. The number of nitrogens with zero attached hydrogens (tertiary/aromatic N) is 1. The first-order valence-electron chi connectivity index (χ1n) is 11.3. The number of thiazole rings is 1. The van der Waals surface area contributed by atoms with Gasteiger partial charge in [0.05, 0.1) is 0 Å². The van der Waals surface area contributed by atoms with Crippen molar-refractivity contribution in [1.82, 2.24) is 4.98 Å². The molecule has 0 radical (unpaired) electrons. The van der Waals surface area contributed by atoms with Gasteiger partial charge >= 0.3 is 0 Å². The maximum Gasteiger partial charge on any atom is 0.264 e. The number of anilines is 2. The summed E-state index contributed by atoms with van der Waals surface area (Å²) in [5, 5.41) is 6.65. The van der Waals surface area contributed by atoms with Crippen molar-refractivity contribution in [1.29, 1.82) is 0 Å². The molecule has 1 heterocycles. The minimum absolute atomic E-state index is 0.0465. The van der Waals surface area contributed by atoms with Gasteiger partial charge in [0.2, 0.25) is 0 Å². The summed E-state index contributed by atoms with van der Waals surface area (Å²) in [6, 6.07) is 26.2. The van der Waals surface area contributed by atoms with E-state index in [0.717, 1.165) is 5.56 Å². The van der Waals surface area contributed by atoms with Gasteiger partial charge in [-0.2, -0.15) is 0 Å². The third-order valence-corrected chi connectivity index (χ3v) is 6.16. The Bertz CT molecular complexity index is 1300. The van der Waals surface area contributed by atoms with E-state index in [1.54, 1.807) is 12.1 Å². The van der Waals surface area contributed by atoms with Crippen LogP contribution < -0.4 is 15.4 Å². The Morgan fingerprint density at radius 1 is 0.857 bits per heavy atom. The molecule has 0 fully saturated rings. The van der Waals surface area contributed by atoms with Gasteiger partial charge in [-0.05, 0) is 35.2 Å². The van der Waals surface area contributed by atoms with Crippen molar-refractivity contribution in [2.24, 2.45) is 0 Å². The molecule has 3 aromatic carbocycles. The Morgan fingerprint density at radius 2 is 1.49 bits per heavy atom. The normalized spacial score (nSPS) is 11.1. The van der Waals surface area contributed by atoms with E-state index in [2.05, 4.69) is 36.4 Å². The molecule has 2 amide bonds. The lowest BCUT2D eigenvalue weighted by Gasteiger charge is -2.19.